The molecule has 118 valence electrons. The Morgan fingerprint density at radius 3 is 2.57 bits per heavy atom. The highest BCUT2D eigenvalue weighted by molar-refractivity contribution is 7.18. The van der Waals surface area contributed by atoms with Crippen LogP contribution < -0.4 is 16.4 Å². The smallest absolute Gasteiger partial charge is 0.324 e. The highest BCUT2D eigenvalue weighted by Gasteiger charge is 2.41. The maximum absolute atomic E-state index is 13.0. The van der Waals surface area contributed by atoms with Gasteiger partial charge in [0.1, 0.15) is 4.88 Å². The highest BCUT2D eigenvalue weighted by atomic mass is 32.1. The number of carbonyl (C=O) groups is 1. The summed E-state index contributed by atoms with van der Waals surface area (Å²) in [6.45, 7) is -1.20. The number of hydrogen-bond donors (Lipinski definition) is 3. The summed E-state index contributed by atoms with van der Waals surface area (Å²) in [5.74, 6) is -4.46. The number of nitrogens with two attached hydrogens (primary N) is 1. The van der Waals surface area contributed by atoms with Gasteiger partial charge in [-0.25, -0.2) is 8.78 Å². The second-order valence-electron chi connectivity index (χ2n) is 4.86. The Morgan fingerprint density at radius 2 is 2.10 bits per heavy atom. The molecule has 9 heteroatoms. The molecule has 0 unspecified atom stereocenters. The van der Waals surface area contributed by atoms with Crippen molar-refractivity contribution in [2.24, 2.45) is 0 Å². The minimum Gasteiger partial charge on any atom is -0.397 e. The van der Waals surface area contributed by atoms with Crippen molar-refractivity contribution in [1.82, 2.24) is 5.32 Å². The Balaban J connectivity index is 2.24. The Kier molecular flexibility index (Phi) is 4.31. The molecule has 21 heavy (non-hydrogen) atoms. The average molecular weight is 325 g/mol. The molecule has 1 heterocycles. The number of halogens is 4. The fourth-order valence-electron chi connectivity index (χ4n) is 1.92. The number of thiophene rings is 1. The Labute approximate surface area is 122 Å². The van der Waals surface area contributed by atoms with Crippen molar-refractivity contribution < 1.29 is 22.4 Å². The molecule has 0 radical (unpaired) electrons. The van der Waals surface area contributed by atoms with Crippen LogP contribution in [0.25, 0.3) is 0 Å². The summed E-state index contributed by atoms with van der Waals surface area (Å²) >= 11 is 0.913. The largest absolute Gasteiger partial charge is 0.397 e. The van der Waals surface area contributed by atoms with Crippen LogP contribution in [0.3, 0.4) is 0 Å². The molecule has 0 spiro atoms. The van der Waals surface area contributed by atoms with Crippen LogP contribution in [0, 0.1) is 0 Å². The van der Waals surface area contributed by atoms with E-state index in [9.17, 15) is 22.4 Å². The monoisotopic (exact) mass is 325 g/mol. The van der Waals surface area contributed by atoms with Gasteiger partial charge >= 0.3 is 12.3 Å². The molecule has 1 aromatic heterocycles. The van der Waals surface area contributed by atoms with Gasteiger partial charge in [-0.3, -0.25) is 4.79 Å². The number of alkyl halides is 4. The molecule has 1 saturated carbocycles. The fourth-order valence-corrected chi connectivity index (χ4v) is 3.07. The lowest BCUT2D eigenvalue weighted by Gasteiger charge is -2.16. The van der Waals surface area contributed by atoms with Gasteiger partial charge in [0.2, 0.25) is 0 Å². The predicted molar refractivity (Wildman–Crippen MR) is 73.5 cm³/mol. The van der Waals surface area contributed by atoms with Gasteiger partial charge in [-0.15, -0.1) is 11.3 Å². The first kappa shape index (κ1) is 15.9. The lowest BCUT2D eigenvalue weighted by atomic mass is 10.1. The first-order valence-electron chi connectivity index (χ1n) is 6.32. The highest BCUT2D eigenvalue weighted by Crippen LogP contribution is 2.51. The van der Waals surface area contributed by atoms with E-state index in [-0.39, 0.29) is 21.5 Å². The molecule has 4 N–H and O–H groups in total. The van der Waals surface area contributed by atoms with E-state index < -0.39 is 24.8 Å². The molecule has 0 saturated heterocycles. The molecule has 1 aliphatic rings. The summed E-state index contributed by atoms with van der Waals surface area (Å²) in [6.07, 6.45) is -2.06. The van der Waals surface area contributed by atoms with Crippen molar-refractivity contribution in [3.8, 4) is 0 Å². The van der Waals surface area contributed by atoms with Gasteiger partial charge in [0, 0.05) is 12.6 Å². The first-order chi connectivity index (χ1) is 9.77. The van der Waals surface area contributed by atoms with Crippen molar-refractivity contribution >= 4 is 27.9 Å². The second kappa shape index (κ2) is 5.70. The van der Waals surface area contributed by atoms with Gasteiger partial charge in [0.05, 0.1) is 17.2 Å². The summed E-state index contributed by atoms with van der Waals surface area (Å²) < 4.78 is 50.3. The number of amides is 1. The molecule has 1 aliphatic carbocycles. The van der Waals surface area contributed by atoms with Gasteiger partial charge in [-0.2, -0.15) is 8.78 Å². The SMILES string of the molecule is CNC(=O)c1sc(NCC(F)(F)C(F)F)c(C2CC2)c1N. The molecule has 1 fully saturated rings. The maximum atomic E-state index is 13.0. The van der Waals surface area contributed by atoms with Crippen molar-refractivity contribution in [2.75, 3.05) is 24.6 Å². The van der Waals surface area contributed by atoms with E-state index in [1.54, 1.807) is 0 Å². The third-order valence-corrected chi connectivity index (χ3v) is 4.38. The number of hydrogen-bond acceptors (Lipinski definition) is 4. The van der Waals surface area contributed by atoms with Gasteiger partial charge in [0.25, 0.3) is 5.91 Å². The van der Waals surface area contributed by atoms with Crippen molar-refractivity contribution in [2.45, 2.75) is 31.1 Å². The molecule has 4 nitrogen and oxygen atoms in total. The molecule has 0 bridgehead atoms. The van der Waals surface area contributed by atoms with Crippen LogP contribution >= 0.6 is 11.3 Å². The molecule has 1 aromatic rings. The fraction of sp³-hybridized carbons (Fsp3) is 0.583. The van der Waals surface area contributed by atoms with Crippen LogP contribution in [0.1, 0.15) is 34.0 Å². The number of nitrogen functional groups attached to an aromatic ring is 1. The van der Waals surface area contributed by atoms with Crippen molar-refractivity contribution in [3.05, 3.63) is 10.4 Å². The molecular formula is C12H15F4N3OS. The molecule has 0 aliphatic heterocycles. The number of nitrogens with one attached hydrogen (secondary N) is 2. The van der Waals surface area contributed by atoms with Gasteiger partial charge in [-0.1, -0.05) is 0 Å². The van der Waals surface area contributed by atoms with E-state index in [2.05, 4.69) is 10.6 Å². The average Bonchev–Trinajstić information content (AvgIpc) is 3.20. The van der Waals surface area contributed by atoms with E-state index in [0.29, 0.717) is 5.56 Å². The Hall–Kier alpha value is -1.51. The van der Waals surface area contributed by atoms with Crippen LogP contribution in [0.2, 0.25) is 0 Å². The number of carbonyl (C=O) groups excluding carboxylic acids is 1. The summed E-state index contributed by atoms with van der Waals surface area (Å²) in [5.41, 5.74) is 6.72. The third kappa shape index (κ3) is 3.22. The Bertz CT molecular complexity index is 543. The maximum Gasteiger partial charge on any atom is 0.324 e. The molecule has 2 rings (SSSR count). The zero-order valence-corrected chi connectivity index (χ0v) is 12.0. The van der Waals surface area contributed by atoms with Gasteiger partial charge in [0.15, 0.2) is 0 Å². The van der Waals surface area contributed by atoms with Crippen molar-refractivity contribution in [3.63, 3.8) is 0 Å². The zero-order chi connectivity index (χ0) is 15.8. The van der Waals surface area contributed by atoms with E-state index >= 15 is 0 Å². The minimum atomic E-state index is -4.13. The molecule has 0 atom stereocenters. The summed E-state index contributed by atoms with van der Waals surface area (Å²) in [5, 5.41) is 5.01. The minimum absolute atomic E-state index is 0.0994. The summed E-state index contributed by atoms with van der Waals surface area (Å²) in [7, 11) is 1.43. The zero-order valence-electron chi connectivity index (χ0n) is 11.2. The van der Waals surface area contributed by atoms with E-state index in [1.165, 1.54) is 7.05 Å². The summed E-state index contributed by atoms with van der Waals surface area (Å²) in [6, 6.07) is 0. The van der Waals surface area contributed by atoms with Crippen molar-refractivity contribution in [1.29, 1.82) is 0 Å². The van der Waals surface area contributed by atoms with E-state index in [1.807, 2.05) is 0 Å². The predicted octanol–water partition coefficient (Wildman–Crippen LogP) is 2.88. The van der Waals surface area contributed by atoms with Crippen LogP contribution in [-0.2, 0) is 0 Å². The normalized spacial score (nSPS) is 15.3. The van der Waals surface area contributed by atoms with Crippen LogP contribution in [-0.4, -0.2) is 31.8 Å². The molecule has 1 amide bonds. The molecule has 0 aromatic carbocycles. The third-order valence-electron chi connectivity index (χ3n) is 3.21. The summed E-state index contributed by atoms with van der Waals surface area (Å²) in [4.78, 5) is 11.9. The lowest BCUT2D eigenvalue weighted by Crippen LogP contribution is -2.34. The molecular weight excluding hydrogens is 310 g/mol. The Morgan fingerprint density at radius 1 is 1.48 bits per heavy atom. The second-order valence-corrected chi connectivity index (χ2v) is 5.88. The van der Waals surface area contributed by atoms with Gasteiger partial charge < -0.3 is 16.4 Å². The standard InChI is InChI=1S/C12H15F4N3OS/c1-18-9(20)8-7(17)6(5-2-3-5)10(21-8)19-4-12(15,16)11(13)14/h5,11,19H,2-4,17H2,1H3,(H,18,20). The van der Waals surface area contributed by atoms with Crippen LogP contribution in [0.4, 0.5) is 28.3 Å². The van der Waals surface area contributed by atoms with E-state index in [0.717, 1.165) is 24.2 Å². The first-order valence-corrected chi connectivity index (χ1v) is 7.13. The number of rotatable bonds is 6. The van der Waals surface area contributed by atoms with Crippen LogP contribution in [0.15, 0.2) is 0 Å². The quantitative estimate of drug-likeness (QED) is 0.705. The number of anilines is 2. The van der Waals surface area contributed by atoms with Gasteiger partial charge in [-0.05, 0) is 18.8 Å². The lowest BCUT2D eigenvalue weighted by molar-refractivity contribution is -0.117. The van der Waals surface area contributed by atoms with E-state index in [4.69, 9.17) is 5.73 Å². The van der Waals surface area contributed by atoms with Crippen LogP contribution in [0.5, 0.6) is 0 Å². The topological polar surface area (TPSA) is 67.2 Å².